The molecule has 0 aromatic heterocycles. The first-order chi connectivity index (χ1) is 16.8. The molecule has 0 spiro atoms. The Kier molecular flexibility index (Phi) is 7.19. The molecule has 1 saturated carbocycles. The van der Waals surface area contributed by atoms with Crippen LogP contribution in [0, 0.1) is 11.8 Å². The summed E-state index contributed by atoms with van der Waals surface area (Å²) >= 11 is 0. The summed E-state index contributed by atoms with van der Waals surface area (Å²) < 4.78 is 13.2. The lowest BCUT2D eigenvalue weighted by Crippen LogP contribution is -2.85. The van der Waals surface area contributed by atoms with Gasteiger partial charge in [-0.15, -0.1) is 0 Å². The second-order valence-corrected chi connectivity index (χ2v) is 17.1. The van der Waals surface area contributed by atoms with Gasteiger partial charge in [0, 0.05) is 5.92 Å². The number of rotatable bonds is 5. The Balaban J connectivity index is 1.74. The minimum atomic E-state index is -2.71. The molecule has 2 aromatic rings. The summed E-state index contributed by atoms with van der Waals surface area (Å²) in [6.45, 7) is 18.0. The molecule has 0 bridgehead atoms. The highest BCUT2D eigenvalue weighted by Gasteiger charge is 2.66. The summed E-state index contributed by atoms with van der Waals surface area (Å²) in [6, 6.07) is 21.6. The van der Waals surface area contributed by atoms with Crippen LogP contribution >= 0.6 is 0 Å². The molecule has 2 fully saturated rings. The standard InChI is InChI=1S/C30H44N2O3Si/c1-21-19-30(32-27(33)34-28(3,4)5)22(2)25(26(30)31-20-21)35-36(29(6,7)8,23-15-11-9-12-16-23)24-17-13-10-14-18-24/h9-18,21-22,25-26,31H,19-20H2,1-8H3,(H,32,33)/t21-,22-,25-,26-,30?/m1/s1. The Morgan fingerprint density at radius 3 is 1.94 bits per heavy atom. The van der Waals surface area contributed by atoms with Crippen LogP contribution < -0.4 is 21.0 Å². The molecule has 2 aromatic carbocycles. The number of hydrogen-bond donors (Lipinski definition) is 2. The number of fused-ring (bicyclic) bond motifs is 1. The van der Waals surface area contributed by atoms with Crippen LogP contribution in [-0.4, -0.2) is 44.2 Å². The van der Waals surface area contributed by atoms with Crippen LogP contribution in [0.2, 0.25) is 5.04 Å². The quantitative estimate of drug-likeness (QED) is 0.568. The maximum absolute atomic E-state index is 13.0. The molecule has 36 heavy (non-hydrogen) atoms. The zero-order valence-corrected chi connectivity index (χ0v) is 24.2. The van der Waals surface area contributed by atoms with Crippen molar-refractivity contribution in [1.82, 2.24) is 10.6 Å². The summed E-state index contributed by atoms with van der Waals surface area (Å²) in [5.74, 6) is 0.583. The smallest absolute Gasteiger partial charge is 0.408 e. The second-order valence-electron chi connectivity index (χ2n) is 12.9. The number of carbonyl (C=O) groups excluding carboxylic acids is 1. The van der Waals surface area contributed by atoms with Crippen molar-refractivity contribution in [2.45, 2.75) is 90.1 Å². The van der Waals surface area contributed by atoms with E-state index in [1.807, 2.05) is 20.8 Å². The van der Waals surface area contributed by atoms with Gasteiger partial charge in [0.2, 0.25) is 0 Å². The van der Waals surface area contributed by atoms with Gasteiger partial charge in [-0.05, 0) is 55.1 Å². The van der Waals surface area contributed by atoms with Crippen molar-refractivity contribution >= 4 is 24.8 Å². The molecular formula is C30H44N2O3Si. The fraction of sp³-hybridized carbons (Fsp3) is 0.567. The van der Waals surface area contributed by atoms with E-state index in [4.69, 9.17) is 9.16 Å². The van der Waals surface area contributed by atoms with E-state index < -0.39 is 19.5 Å². The Hall–Kier alpha value is -2.15. The fourth-order valence-electron chi connectivity index (χ4n) is 6.43. The largest absolute Gasteiger partial charge is 0.444 e. The van der Waals surface area contributed by atoms with Gasteiger partial charge in [-0.3, -0.25) is 0 Å². The lowest BCUT2D eigenvalue weighted by molar-refractivity contribution is -0.114. The minimum absolute atomic E-state index is 0.0258. The zero-order valence-electron chi connectivity index (χ0n) is 23.2. The molecule has 2 aliphatic rings. The van der Waals surface area contributed by atoms with E-state index in [2.05, 4.69) is 106 Å². The SMILES string of the molecule is C[C@H]1CN[C@@H]2[C@H](O[Si](c3ccccc3)(c3ccccc3)C(C)(C)C)[C@@H](C)C2(NC(=O)OC(C)(C)C)C1. The van der Waals surface area contributed by atoms with E-state index in [1.54, 1.807) is 0 Å². The number of hydrogen-bond acceptors (Lipinski definition) is 4. The van der Waals surface area contributed by atoms with Crippen LogP contribution in [-0.2, 0) is 9.16 Å². The van der Waals surface area contributed by atoms with Crippen molar-refractivity contribution < 1.29 is 14.0 Å². The zero-order chi connectivity index (χ0) is 26.4. The van der Waals surface area contributed by atoms with Crippen molar-refractivity contribution in [2.75, 3.05) is 6.54 Å². The maximum atomic E-state index is 13.0. The van der Waals surface area contributed by atoms with Gasteiger partial charge in [0.1, 0.15) is 5.60 Å². The van der Waals surface area contributed by atoms with Gasteiger partial charge in [-0.2, -0.15) is 0 Å². The van der Waals surface area contributed by atoms with Crippen molar-refractivity contribution in [3.63, 3.8) is 0 Å². The summed E-state index contributed by atoms with van der Waals surface area (Å²) in [4.78, 5) is 13.0. The molecule has 5 atom stereocenters. The number of carbonyl (C=O) groups is 1. The minimum Gasteiger partial charge on any atom is -0.444 e. The van der Waals surface area contributed by atoms with E-state index in [0.29, 0.717) is 5.92 Å². The lowest BCUT2D eigenvalue weighted by Gasteiger charge is -2.65. The van der Waals surface area contributed by atoms with Crippen molar-refractivity contribution in [1.29, 1.82) is 0 Å². The number of piperidine rings is 1. The van der Waals surface area contributed by atoms with E-state index >= 15 is 0 Å². The van der Waals surface area contributed by atoms with Gasteiger partial charge in [-0.25, -0.2) is 4.79 Å². The Morgan fingerprint density at radius 2 is 1.47 bits per heavy atom. The first-order valence-corrected chi connectivity index (χ1v) is 15.2. The summed E-state index contributed by atoms with van der Waals surface area (Å²) in [6.07, 6.45) is 0.531. The van der Waals surface area contributed by atoms with Crippen LogP contribution in [0.1, 0.15) is 61.8 Å². The van der Waals surface area contributed by atoms with Gasteiger partial charge in [0.25, 0.3) is 8.32 Å². The Morgan fingerprint density at radius 1 is 0.944 bits per heavy atom. The van der Waals surface area contributed by atoms with E-state index in [1.165, 1.54) is 10.4 Å². The van der Waals surface area contributed by atoms with Gasteiger partial charge >= 0.3 is 6.09 Å². The lowest BCUT2D eigenvalue weighted by atomic mass is 9.56. The van der Waals surface area contributed by atoms with Crippen molar-refractivity contribution in [2.24, 2.45) is 11.8 Å². The average molecular weight is 509 g/mol. The number of benzene rings is 2. The molecule has 0 radical (unpaired) electrons. The third kappa shape index (κ3) is 4.75. The highest BCUT2D eigenvalue weighted by atomic mass is 28.4. The monoisotopic (exact) mass is 508 g/mol. The first-order valence-electron chi connectivity index (χ1n) is 13.3. The predicted molar refractivity (Wildman–Crippen MR) is 149 cm³/mol. The molecule has 196 valence electrons. The Bertz CT molecular complexity index is 1010. The molecule has 1 saturated heterocycles. The normalized spacial score (nSPS) is 28.6. The number of amides is 1. The predicted octanol–water partition coefficient (Wildman–Crippen LogP) is 4.84. The molecule has 1 heterocycles. The molecule has 1 aliphatic carbocycles. The fourth-order valence-corrected chi connectivity index (χ4v) is 11.2. The van der Waals surface area contributed by atoms with Crippen LogP contribution in [0.15, 0.2) is 60.7 Å². The highest BCUT2D eigenvalue weighted by Crippen LogP contribution is 2.50. The highest BCUT2D eigenvalue weighted by molar-refractivity contribution is 6.99. The molecule has 5 nitrogen and oxygen atoms in total. The van der Waals surface area contributed by atoms with Crippen molar-refractivity contribution in [3.8, 4) is 0 Å². The first kappa shape index (κ1) is 26.9. The summed E-state index contributed by atoms with van der Waals surface area (Å²) in [5, 5.41) is 9.52. The van der Waals surface area contributed by atoms with Gasteiger partial charge < -0.3 is 19.8 Å². The topological polar surface area (TPSA) is 59.6 Å². The third-order valence-electron chi connectivity index (χ3n) is 8.02. The molecule has 1 amide bonds. The average Bonchev–Trinajstić information content (AvgIpc) is 2.79. The molecular weight excluding hydrogens is 464 g/mol. The Labute approximate surface area is 218 Å². The van der Waals surface area contributed by atoms with Crippen molar-refractivity contribution in [3.05, 3.63) is 60.7 Å². The van der Waals surface area contributed by atoms with Crippen LogP contribution in [0.25, 0.3) is 0 Å². The number of nitrogens with one attached hydrogen (secondary N) is 2. The number of ether oxygens (including phenoxy) is 1. The van der Waals surface area contributed by atoms with E-state index in [0.717, 1.165) is 13.0 Å². The molecule has 4 rings (SSSR count). The van der Waals surface area contributed by atoms with Crippen LogP contribution in [0.5, 0.6) is 0 Å². The molecule has 6 heteroatoms. The van der Waals surface area contributed by atoms with Crippen LogP contribution in [0.4, 0.5) is 4.79 Å². The number of alkyl carbamates (subject to hydrolysis) is 1. The third-order valence-corrected chi connectivity index (χ3v) is 13.1. The molecule has 1 aliphatic heterocycles. The van der Waals surface area contributed by atoms with Gasteiger partial charge in [-0.1, -0.05) is 95.3 Å². The maximum Gasteiger partial charge on any atom is 0.408 e. The summed E-state index contributed by atoms with van der Waals surface area (Å²) in [7, 11) is -2.71. The molecule has 1 unspecified atom stereocenters. The molecule has 2 N–H and O–H groups in total. The van der Waals surface area contributed by atoms with E-state index in [9.17, 15) is 4.79 Å². The van der Waals surface area contributed by atoms with Gasteiger partial charge in [0.15, 0.2) is 0 Å². The second kappa shape index (κ2) is 9.62. The van der Waals surface area contributed by atoms with Crippen LogP contribution in [0.3, 0.4) is 0 Å². The summed E-state index contributed by atoms with van der Waals surface area (Å²) in [5.41, 5.74) is -0.933. The van der Waals surface area contributed by atoms with E-state index in [-0.39, 0.29) is 29.2 Å². The van der Waals surface area contributed by atoms with Gasteiger partial charge in [0.05, 0.1) is 17.7 Å².